The zero-order chi connectivity index (χ0) is 16.8. The fourth-order valence-corrected chi connectivity index (χ4v) is 3.73. The molecule has 1 aliphatic rings. The highest BCUT2D eigenvalue weighted by molar-refractivity contribution is 5.52. The minimum absolute atomic E-state index is 0.223. The first kappa shape index (κ1) is 16.1. The molecule has 0 aliphatic heterocycles. The van der Waals surface area contributed by atoms with E-state index in [1.54, 1.807) is 12.2 Å². The lowest BCUT2D eigenvalue weighted by Gasteiger charge is -2.34. The average molecular weight is 318 g/mol. The molecule has 0 spiro atoms. The molecule has 0 saturated heterocycles. The summed E-state index contributed by atoms with van der Waals surface area (Å²) in [5, 5.41) is 0. The lowest BCUT2D eigenvalue weighted by atomic mass is 9.70. The second kappa shape index (κ2) is 7.65. The standard InChI is InChI=1S/C20H18N2O2/c23-13-21-11-9-19-15-5-1-2-6-16(15)20(10-12-22-14-24)18-8-4-3-7-17(18)19/h1-8,19-20H,9-12H2. The lowest BCUT2D eigenvalue weighted by Crippen LogP contribution is -2.19. The Kier molecular flexibility index (Phi) is 5.12. The summed E-state index contributed by atoms with van der Waals surface area (Å²) in [6.07, 6.45) is 4.81. The zero-order valence-corrected chi connectivity index (χ0v) is 13.3. The van der Waals surface area contributed by atoms with Gasteiger partial charge >= 0.3 is 0 Å². The Morgan fingerprint density at radius 2 is 1.00 bits per heavy atom. The van der Waals surface area contributed by atoms with E-state index in [2.05, 4.69) is 34.3 Å². The second-order valence-electron chi connectivity index (χ2n) is 5.89. The van der Waals surface area contributed by atoms with Gasteiger partial charge in [-0.1, -0.05) is 48.5 Å². The molecule has 0 unspecified atom stereocenters. The van der Waals surface area contributed by atoms with Gasteiger partial charge in [-0.05, 0) is 35.1 Å². The van der Waals surface area contributed by atoms with Crippen LogP contribution in [0.2, 0.25) is 0 Å². The van der Waals surface area contributed by atoms with Crippen molar-refractivity contribution in [2.75, 3.05) is 13.1 Å². The summed E-state index contributed by atoms with van der Waals surface area (Å²) in [5.41, 5.74) is 5.10. The molecule has 4 nitrogen and oxygen atoms in total. The maximum atomic E-state index is 10.4. The lowest BCUT2D eigenvalue weighted by molar-refractivity contribution is 0.558. The first-order valence-electron chi connectivity index (χ1n) is 8.11. The van der Waals surface area contributed by atoms with Crippen LogP contribution in [0.1, 0.15) is 46.9 Å². The molecule has 1 aliphatic carbocycles. The van der Waals surface area contributed by atoms with Gasteiger partial charge in [0.25, 0.3) is 0 Å². The molecule has 0 N–H and O–H groups in total. The molecule has 2 aromatic rings. The Morgan fingerprint density at radius 1 is 0.667 bits per heavy atom. The Labute approximate surface area is 141 Å². The molecule has 0 fully saturated rings. The Morgan fingerprint density at radius 3 is 1.29 bits per heavy atom. The van der Waals surface area contributed by atoms with Crippen molar-refractivity contribution in [1.82, 2.24) is 0 Å². The van der Waals surface area contributed by atoms with Crippen LogP contribution in [-0.4, -0.2) is 25.2 Å². The summed E-state index contributed by atoms with van der Waals surface area (Å²) >= 11 is 0. The van der Waals surface area contributed by atoms with E-state index in [0.29, 0.717) is 13.1 Å². The fraction of sp³-hybridized carbons (Fsp3) is 0.300. The summed E-state index contributed by atoms with van der Waals surface area (Å²) in [4.78, 5) is 28.3. The number of aliphatic imine (C=N–C) groups is 2. The van der Waals surface area contributed by atoms with Gasteiger partial charge in [0.2, 0.25) is 12.2 Å². The summed E-state index contributed by atoms with van der Waals surface area (Å²) < 4.78 is 0. The molecule has 2 aromatic carbocycles. The molecule has 4 heteroatoms. The van der Waals surface area contributed by atoms with Gasteiger partial charge in [-0.2, -0.15) is 0 Å². The third-order valence-corrected chi connectivity index (χ3v) is 4.68. The topological polar surface area (TPSA) is 58.9 Å². The zero-order valence-electron chi connectivity index (χ0n) is 13.3. The van der Waals surface area contributed by atoms with Crippen LogP contribution in [0.3, 0.4) is 0 Å². The quantitative estimate of drug-likeness (QED) is 0.602. The highest BCUT2D eigenvalue weighted by Gasteiger charge is 2.31. The Balaban J connectivity index is 2.04. The van der Waals surface area contributed by atoms with Gasteiger partial charge in [0, 0.05) is 11.8 Å². The van der Waals surface area contributed by atoms with Gasteiger partial charge in [0.1, 0.15) is 0 Å². The van der Waals surface area contributed by atoms with Gasteiger partial charge in [0.05, 0.1) is 13.1 Å². The van der Waals surface area contributed by atoms with Gasteiger partial charge in [-0.3, -0.25) is 0 Å². The predicted octanol–water partition coefficient (Wildman–Crippen LogP) is 3.72. The van der Waals surface area contributed by atoms with Crippen LogP contribution in [0.15, 0.2) is 58.5 Å². The molecular formula is C20H18N2O2. The number of hydrogen-bond donors (Lipinski definition) is 0. The summed E-state index contributed by atoms with van der Waals surface area (Å²) in [6.45, 7) is 0.938. The van der Waals surface area contributed by atoms with Crippen LogP contribution < -0.4 is 0 Å². The van der Waals surface area contributed by atoms with E-state index in [1.807, 2.05) is 24.3 Å². The molecular weight excluding hydrogens is 300 g/mol. The smallest absolute Gasteiger partial charge is 0.211 e. The molecule has 0 heterocycles. The molecule has 0 atom stereocenters. The highest BCUT2D eigenvalue weighted by atomic mass is 16.1. The fourth-order valence-electron chi connectivity index (χ4n) is 3.73. The number of benzene rings is 2. The van der Waals surface area contributed by atoms with E-state index in [0.717, 1.165) is 12.8 Å². The Hall–Kier alpha value is -2.80. The van der Waals surface area contributed by atoms with E-state index in [1.165, 1.54) is 22.3 Å². The highest BCUT2D eigenvalue weighted by Crippen LogP contribution is 2.45. The molecule has 0 radical (unpaired) electrons. The minimum Gasteiger partial charge on any atom is -0.211 e. The molecule has 24 heavy (non-hydrogen) atoms. The summed E-state index contributed by atoms with van der Waals surface area (Å²) in [5.74, 6) is 0.445. The monoisotopic (exact) mass is 318 g/mol. The van der Waals surface area contributed by atoms with Crippen LogP contribution >= 0.6 is 0 Å². The van der Waals surface area contributed by atoms with E-state index >= 15 is 0 Å². The number of fused-ring (bicyclic) bond motifs is 2. The van der Waals surface area contributed by atoms with Crippen molar-refractivity contribution in [3.05, 3.63) is 70.8 Å². The van der Waals surface area contributed by atoms with Crippen LogP contribution in [0, 0.1) is 0 Å². The van der Waals surface area contributed by atoms with Crippen molar-refractivity contribution in [3.63, 3.8) is 0 Å². The number of rotatable bonds is 6. The average Bonchev–Trinajstić information content (AvgIpc) is 2.63. The second-order valence-corrected chi connectivity index (χ2v) is 5.89. The van der Waals surface area contributed by atoms with E-state index in [-0.39, 0.29) is 11.8 Å². The van der Waals surface area contributed by atoms with E-state index in [4.69, 9.17) is 0 Å². The van der Waals surface area contributed by atoms with E-state index in [9.17, 15) is 9.59 Å². The third kappa shape index (κ3) is 3.11. The van der Waals surface area contributed by atoms with Crippen molar-refractivity contribution in [2.24, 2.45) is 9.98 Å². The maximum absolute atomic E-state index is 10.4. The van der Waals surface area contributed by atoms with Crippen LogP contribution in [0.5, 0.6) is 0 Å². The predicted molar refractivity (Wildman–Crippen MR) is 91.8 cm³/mol. The van der Waals surface area contributed by atoms with Crippen molar-refractivity contribution in [1.29, 1.82) is 0 Å². The molecule has 0 bridgehead atoms. The normalized spacial score (nSPS) is 17.8. The third-order valence-electron chi connectivity index (χ3n) is 4.68. The maximum Gasteiger partial charge on any atom is 0.234 e. The first-order valence-corrected chi connectivity index (χ1v) is 8.11. The first-order chi connectivity index (χ1) is 11.9. The van der Waals surface area contributed by atoms with Crippen LogP contribution in [-0.2, 0) is 9.59 Å². The molecule has 0 saturated carbocycles. The molecule has 0 aromatic heterocycles. The summed E-state index contributed by atoms with van der Waals surface area (Å²) in [6, 6.07) is 16.8. The van der Waals surface area contributed by atoms with Crippen molar-refractivity contribution >= 4 is 12.2 Å². The minimum atomic E-state index is 0.223. The van der Waals surface area contributed by atoms with Crippen molar-refractivity contribution in [2.45, 2.75) is 24.7 Å². The van der Waals surface area contributed by atoms with Gasteiger partial charge in [0.15, 0.2) is 0 Å². The molecule has 120 valence electrons. The SMILES string of the molecule is O=C=NCCC1c2ccccc2C(CCN=C=O)c2ccccc21. The largest absolute Gasteiger partial charge is 0.234 e. The van der Waals surface area contributed by atoms with Crippen molar-refractivity contribution in [3.8, 4) is 0 Å². The van der Waals surface area contributed by atoms with Crippen LogP contribution in [0.4, 0.5) is 0 Å². The summed E-state index contributed by atoms with van der Waals surface area (Å²) in [7, 11) is 0. The van der Waals surface area contributed by atoms with Crippen LogP contribution in [0.25, 0.3) is 0 Å². The van der Waals surface area contributed by atoms with Gasteiger partial charge < -0.3 is 0 Å². The molecule has 0 amide bonds. The van der Waals surface area contributed by atoms with Gasteiger partial charge in [-0.15, -0.1) is 0 Å². The number of nitrogens with zero attached hydrogens (tertiary/aromatic N) is 2. The van der Waals surface area contributed by atoms with Gasteiger partial charge in [-0.25, -0.2) is 19.6 Å². The van der Waals surface area contributed by atoms with E-state index < -0.39 is 0 Å². The molecule has 3 rings (SSSR count). The number of hydrogen-bond acceptors (Lipinski definition) is 4. The number of carbonyl (C=O) groups excluding carboxylic acids is 2. The van der Waals surface area contributed by atoms with Crippen molar-refractivity contribution < 1.29 is 9.59 Å². The number of isocyanates is 2. The Bertz CT molecular complexity index is 702.